The van der Waals surface area contributed by atoms with Gasteiger partial charge in [-0.3, -0.25) is 4.79 Å². The molecule has 0 radical (unpaired) electrons. The van der Waals surface area contributed by atoms with Gasteiger partial charge in [0.05, 0.1) is 6.04 Å². The fourth-order valence-corrected chi connectivity index (χ4v) is 3.37. The van der Waals surface area contributed by atoms with E-state index in [1.165, 1.54) is 36.5 Å². The molecule has 0 bridgehead atoms. The molecule has 3 heteroatoms. The minimum atomic E-state index is -0.243. The first kappa shape index (κ1) is 16.7. The van der Waals surface area contributed by atoms with Crippen molar-refractivity contribution >= 4 is 5.91 Å². The van der Waals surface area contributed by atoms with E-state index in [4.69, 9.17) is 0 Å². The number of hydrogen-bond acceptors (Lipinski definition) is 1. The monoisotopic (exact) mass is 325 g/mol. The van der Waals surface area contributed by atoms with Gasteiger partial charge in [0.1, 0.15) is 5.82 Å². The Bertz CT molecular complexity index is 726. The molecule has 0 heterocycles. The van der Waals surface area contributed by atoms with Gasteiger partial charge in [-0.15, -0.1) is 0 Å². The molecule has 1 amide bonds. The molecule has 2 aromatic rings. The number of hydrogen-bond donors (Lipinski definition) is 1. The number of carbonyl (C=O) groups is 1. The van der Waals surface area contributed by atoms with Crippen LogP contribution >= 0.6 is 0 Å². The van der Waals surface area contributed by atoms with Gasteiger partial charge < -0.3 is 5.32 Å². The van der Waals surface area contributed by atoms with Crippen LogP contribution in [0.5, 0.6) is 0 Å². The van der Waals surface area contributed by atoms with Crippen molar-refractivity contribution in [2.24, 2.45) is 0 Å². The first-order chi connectivity index (χ1) is 11.6. The maximum absolute atomic E-state index is 13.6. The predicted molar refractivity (Wildman–Crippen MR) is 94.4 cm³/mol. The minimum absolute atomic E-state index is 0.0228. The van der Waals surface area contributed by atoms with Crippen molar-refractivity contribution < 1.29 is 9.18 Å². The molecule has 1 aliphatic carbocycles. The molecule has 0 saturated heterocycles. The molecule has 0 spiro atoms. The Hall–Kier alpha value is -2.16. The number of aryl methyl sites for hydroxylation is 3. The highest BCUT2D eigenvalue weighted by molar-refractivity contribution is 5.76. The Kier molecular flexibility index (Phi) is 5.29. The standard InChI is InChI=1S/C21H24FNO/c1-15(18-11-10-16-6-2-3-8-19(16)14-18)23-21(24)13-12-17-7-4-5-9-20(17)22/h4-5,7,9-11,14-15H,2-3,6,8,12-13H2,1H3,(H,23,24). The second-order valence-electron chi connectivity index (χ2n) is 6.62. The molecule has 2 nitrogen and oxygen atoms in total. The van der Waals surface area contributed by atoms with Crippen molar-refractivity contribution in [1.82, 2.24) is 5.32 Å². The number of rotatable bonds is 5. The molecule has 1 aliphatic rings. The van der Waals surface area contributed by atoms with E-state index in [0.717, 1.165) is 12.0 Å². The van der Waals surface area contributed by atoms with E-state index >= 15 is 0 Å². The van der Waals surface area contributed by atoms with E-state index in [0.29, 0.717) is 18.4 Å². The summed E-state index contributed by atoms with van der Waals surface area (Å²) < 4.78 is 13.6. The Balaban J connectivity index is 1.57. The SMILES string of the molecule is CC(NC(=O)CCc1ccccc1F)c1ccc2c(c1)CCCC2. The summed E-state index contributed by atoms with van der Waals surface area (Å²) in [5, 5.41) is 3.03. The first-order valence-corrected chi connectivity index (χ1v) is 8.78. The van der Waals surface area contributed by atoms with Crippen LogP contribution < -0.4 is 5.32 Å². The van der Waals surface area contributed by atoms with Gasteiger partial charge in [-0.1, -0.05) is 36.4 Å². The lowest BCUT2D eigenvalue weighted by atomic mass is 9.89. The van der Waals surface area contributed by atoms with Gasteiger partial charge in [0.25, 0.3) is 0 Å². The summed E-state index contributed by atoms with van der Waals surface area (Å²) in [4.78, 5) is 12.2. The highest BCUT2D eigenvalue weighted by Crippen LogP contribution is 2.24. The molecule has 0 aliphatic heterocycles. The van der Waals surface area contributed by atoms with E-state index in [1.54, 1.807) is 18.2 Å². The molecular weight excluding hydrogens is 301 g/mol. The van der Waals surface area contributed by atoms with Crippen molar-refractivity contribution in [3.05, 3.63) is 70.5 Å². The van der Waals surface area contributed by atoms with Crippen LogP contribution in [0.3, 0.4) is 0 Å². The van der Waals surface area contributed by atoms with Gasteiger partial charge >= 0.3 is 0 Å². The average Bonchev–Trinajstić information content (AvgIpc) is 2.60. The molecule has 0 fully saturated rings. The van der Waals surface area contributed by atoms with Gasteiger partial charge in [-0.05, 0) is 67.3 Å². The number of benzene rings is 2. The van der Waals surface area contributed by atoms with Crippen molar-refractivity contribution in [3.63, 3.8) is 0 Å². The van der Waals surface area contributed by atoms with E-state index in [-0.39, 0.29) is 17.8 Å². The van der Waals surface area contributed by atoms with Crippen LogP contribution in [0.1, 0.15) is 54.5 Å². The lowest BCUT2D eigenvalue weighted by Gasteiger charge is -2.20. The second kappa shape index (κ2) is 7.61. The van der Waals surface area contributed by atoms with E-state index in [9.17, 15) is 9.18 Å². The summed E-state index contributed by atoms with van der Waals surface area (Å²) in [5.74, 6) is -0.281. The molecule has 2 aromatic carbocycles. The average molecular weight is 325 g/mol. The Morgan fingerprint density at radius 2 is 1.88 bits per heavy atom. The summed E-state index contributed by atoms with van der Waals surface area (Å²) in [7, 11) is 0. The molecule has 1 atom stereocenters. The van der Waals surface area contributed by atoms with Crippen molar-refractivity contribution in [2.75, 3.05) is 0 Å². The van der Waals surface area contributed by atoms with Gasteiger partial charge in [0, 0.05) is 6.42 Å². The topological polar surface area (TPSA) is 29.1 Å². The van der Waals surface area contributed by atoms with Gasteiger partial charge in [-0.2, -0.15) is 0 Å². The molecule has 0 aromatic heterocycles. The fraction of sp³-hybridized carbons (Fsp3) is 0.381. The number of amides is 1. The third kappa shape index (κ3) is 4.02. The predicted octanol–water partition coefficient (Wildman–Crippen LogP) is 4.51. The van der Waals surface area contributed by atoms with Crippen LogP contribution in [0.15, 0.2) is 42.5 Å². The zero-order chi connectivity index (χ0) is 16.9. The van der Waals surface area contributed by atoms with Crippen molar-refractivity contribution in [2.45, 2.75) is 51.5 Å². The van der Waals surface area contributed by atoms with Gasteiger partial charge in [0.2, 0.25) is 5.91 Å². The van der Waals surface area contributed by atoms with E-state index in [1.807, 2.05) is 6.92 Å². The van der Waals surface area contributed by atoms with E-state index < -0.39 is 0 Å². The zero-order valence-electron chi connectivity index (χ0n) is 14.1. The summed E-state index contributed by atoms with van der Waals surface area (Å²) in [6.07, 6.45) is 5.55. The van der Waals surface area contributed by atoms with Crippen LogP contribution in [0.25, 0.3) is 0 Å². The van der Waals surface area contributed by atoms with Gasteiger partial charge in [-0.25, -0.2) is 4.39 Å². The summed E-state index contributed by atoms with van der Waals surface area (Å²) in [6, 6.07) is 13.2. The Labute approximate surface area is 143 Å². The van der Waals surface area contributed by atoms with Crippen molar-refractivity contribution in [3.8, 4) is 0 Å². The first-order valence-electron chi connectivity index (χ1n) is 8.78. The summed E-state index contributed by atoms with van der Waals surface area (Å²) in [5.41, 5.74) is 4.61. The molecule has 1 unspecified atom stereocenters. The summed E-state index contributed by atoms with van der Waals surface area (Å²) >= 11 is 0. The van der Waals surface area contributed by atoms with Crippen molar-refractivity contribution in [1.29, 1.82) is 0 Å². The summed E-state index contributed by atoms with van der Waals surface area (Å²) in [6.45, 7) is 2.01. The zero-order valence-corrected chi connectivity index (χ0v) is 14.1. The highest BCUT2D eigenvalue weighted by Gasteiger charge is 2.14. The Morgan fingerprint density at radius 1 is 1.12 bits per heavy atom. The molecule has 3 rings (SSSR count). The number of carbonyl (C=O) groups excluding carboxylic acids is 1. The molecular formula is C21H24FNO. The van der Waals surface area contributed by atoms with Crippen LogP contribution in [0.2, 0.25) is 0 Å². The van der Waals surface area contributed by atoms with Gasteiger partial charge in [0.15, 0.2) is 0 Å². The number of fused-ring (bicyclic) bond motifs is 1. The van der Waals surface area contributed by atoms with E-state index in [2.05, 4.69) is 23.5 Å². The second-order valence-corrected chi connectivity index (χ2v) is 6.62. The quantitative estimate of drug-likeness (QED) is 0.861. The Morgan fingerprint density at radius 3 is 2.67 bits per heavy atom. The molecule has 1 N–H and O–H groups in total. The number of halogens is 1. The lowest BCUT2D eigenvalue weighted by molar-refractivity contribution is -0.121. The normalized spacial score (nSPS) is 14.8. The third-order valence-electron chi connectivity index (χ3n) is 4.83. The molecule has 0 saturated carbocycles. The minimum Gasteiger partial charge on any atom is -0.350 e. The largest absolute Gasteiger partial charge is 0.350 e. The van der Waals surface area contributed by atoms with Crippen LogP contribution in [-0.4, -0.2) is 5.91 Å². The smallest absolute Gasteiger partial charge is 0.220 e. The van der Waals surface area contributed by atoms with Crippen LogP contribution in [0, 0.1) is 5.82 Å². The molecule has 126 valence electrons. The lowest BCUT2D eigenvalue weighted by Crippen LogP contribution is -2.27. The maximum atomic E-state index is 13.6. The van der Waals surface area contributed by atoms with Crippen LogP contribution in [0.4, 0.5) is 4.39 Å². The fourth-order valence-electron chi connectivity index (χ4n) is 3.37. The maximum Gasteiger partial charge on any atom is 0.220 e. The third-order valence-corrected chi connectivity index (χ3v) is 4.83. The number of nitrogens with one attached hydrogen (secondary N) is 1. The highest BCUT2D eigenvalue weighted by atomic mass is 19.1. The van der Waals surface area contributed by atoms with Crippen LogP contribution in [-0.2, 0) is 24.1 Å². The molecule has 24 heavy (non-hydrogen) atoms.